The van der Waals surface area contributed by atoms with Gasteiger partial charge in [0.1, 0.15) is 0 Å². The molecule has 1 atom stereocenters. The van der Waals surface area contributed by atoms with Crippen molar-refractivity contribution in [2.75, 3.05) is 5.32 Å². The number of nitrogens with one attached hydrogen (secondary N) is 1. The summed E-state index contributed by atoms with van der Waals surface area (Å²) in [5.74, 6) is -0.647. The number of rotatable bonds is 8. The summed E-state index contributed by atoms with van der Waals surface area (Å²) in [5, 5.41) is 11.8. The Hall–Kier alpha value is -1.85. The zero-order chi connectivity index (χ0) is 14.3. The van der Waals surface area contributed by atoms with Gasteiger partial charge < -0.3 is 15.0 Å². The first kappa shape index (κ1) is 15.2. The lowest BCUT2D eigenvalue weighted by Gasteiger charge is -2.16. The topological polar surface area (TPSA) is 84.2 Å². The number of hydrogen-bond donors (Lipinski definition) is 2. The normalized spacial score (nSPS) is 12.1. The minimum Gasteiger partial charge on any atom is -0.481 e. The van der Waals surface area contributed by atoms with E-state index in [1.54, 1.807) is 17.0 Å². The van der Waals surface area contributed by atoms with Gasteiger partial charge in [0, 0.05) is 25.0 Å². The van der Waals surface area contributed by atoms with Crippen molar-refractivity contribution in [2.24, 2.45) is 0 Å². The maximum atomic E-state index is 12.1. The molecule has 2 N–H and O–H groups in total. The van der Waals surface area contributed by atoms with Crippen molar-refractivity contribution >= 4 is 11.8 Å². The van der Waals surface area contributed by atoms with E-state index in [-0.39, 0.29) is 23.8 Å². The Labute approximate surface area is 112 Å². The molecular weight excluding hydrogens is 246 g/mol. The molecule has 0 fully saturated rings. The molecule has 0 saturated heterocycles. The van der Waals surface area contributed by atoms with E-state index in [2.05, 4.69) is 10.3 Å². The minimum atomic E-state index is -0.879. The zero-order valence-corrected chi connectivity index (χ0v) is 11.4. The van der Waals surface area contributed by atoms with Gasteiger partial charge in [-0.15, -0.1) is 0 Å². The summed E-state index contributed by atoms with van der Waals surface area (Å²) in [6.07, 6.45) is 5.58. The van der Waals surface area contributed by atoms with E-state index < -0.39 is 5.97 Å². The first-order chi connectivity index (χ1) is 9.08. The smallest absolute Gasteiger partial charge is 0.305 e. The van der Waals surface area contributed by atoms with Gasteiger partial charge in [0.05, 0.1) is 6.42 Å². The van der Waals surface area contributed by atoms with Crippen LogP contribution in [0, 0.1) is 0 Å². The summed E-state index contributed by atoms with van der Waals surface area (Å²) in [5.41, 5.74) is -0.198. The molecule has 0 aliphatic heterocycles. The largest absolute Gasteiger partial charge is 0.481 e. The van der Waals surface area contributed by atoms with Crippen LogP contribution in [0.2, 0.25) is 0 Å². The third-order valence-corrected chi connectivity index (χ3v) is 2.78. The summed E-state index contributed by atoms with van der Waals surface area (Å²) >= 11 is 0. The molecule has 0 aliphatic carbocycles. The summed E-state index contributed by atoms with van der Waals surface area (Å²) < 4.78 is 1.58. The van der Waals surface area contributed by atoms with Gasteiger partial charge in [-0.2, -0.15) is 0 Å². The van der Waals surface area contributed by atoms with E-state index in [0.29, 0.717) is 13.0 Å². The van der Waals surface area contributed by atoms with Crippen LogP contribution in [0.25, 0.3) is 0 Å². The van der Waals surface area contributed by atoms with Crippen molar-refractivity contribution in [3.63, 3.8) is 0 Å². The molecule has 1 aromatic heterocycles. The van der Waals surface area contributed by atoms with E-state index in [1.807, 2.05) is 13.8 Å². The molecule has 19 heavy (non-hydrogen) atoms. The Morgan fingerprint density at radius 1 is 1.47 bits per heavy atom. The number of hydrogen-bond acceptors (Lipinski definition) is 4. The number of carbonyl (C=O) groups is 1. The standard InChI is InChI=1S/C13H21N3O3/c1-3-5-10(9-11(17)18)15-12-13(19)16(7-4-2)8-6-14-12/h6,8,10H,3-5,7,9H2,1-2H3,(H,14,15)(H,17,18). The Morgan fingerprint density at radius 3 is 2.79 bits per heavy atom. The highest BCUT2D eigenvalue weighted by molar-refractivity contribution is 5.68. The van der Waals surface area contributed by atoms with Gasteiger partial charge in [0.2, 0.25) is 0 Å². The number of aryl methyl sites for hydroxylation is 1. The Morgan fingerprint density at radius 2 is 2.21 bits per heavy atom. The van der Waals surface area contributed by atoms with E-state index in [1.165, 1.54) is 0 Å². The molecule has 6 heteroatoms. The Kier molecular flexibility index (Phi) is 6.05. The van der Waals surface area contributed by atoms with Crippen LogP contribution in [-0.4, -0.2) is 26.7 Å². The number of carboxylic acid groups (broad SMARTS) is 1. The van der Waals surface area contributed by atoms with Gasteiger partial charge in [0.15, 0.2) is 5.82 Å². The summed E-state index contributed by atoms with van der Waals surface area (Å²) in [6.45, 7) is 4.60. The van der Waals surface area contributed by atoms with Crippen molar-refractivity contribution in [3.05, 3.63) is 22.7 Å². The van der Waals surface area contributed by atoms with Crippen molar-refractivity contribution in [3.8, 4) is 0 Å². The lowest BCUT2D eigenvalue weighted by Crippen LogP contribution is -2.30. The zero-order valence-electron chi connectivity index (χ0n) is 11.4. The monoisotopic (exact) mass is 267 g/mol. The average Bonchev–Trinajstić information content (AvgIpc) is 2.34. The maximum absolute atomic E-state index is 12.1. The maximum Gasteiger partial charge on any atom is 0.305 e. The third-order valence-electron chi connectivity index (χ3n) is 2.78. The molecule has 1 aromatic rings. The molecule has 0 spiro atoms. The summed E-state index contributed by atoms with van der Waals surface area (Å²) in [6, 6.07) is -0.264. The highest BCUT2D eigenvalue weighted by atomic mass is 16.4. The molecule has 1 heterocycles. The minimum absolute atomic E-state index is 0.0162. The van der Waals surface area contributed by atoms with E-state index in [4.69, 9.17) is 5.11 Å². The molecule has 0 amide bonds. The second-order valence-corrected chi connectivity index (χ2v) is 4.50. The molecule has 1 rings (SSSR count). The fraction of sp³-hybridized carbons (Fsp3) is 0.615. The van der Waals surface area contributed by atoms with Crippen LogP contribution in [-0.2, 0) is 11.3 Å². The van der Waals surface area contributed by atoms with Crippen LogP contribution in [0.4, 0.5) is 5.82 Å². The Balaban J connectivity index is 2.86. The van der Waals surface area contributed by atoms with Gasteiger partial charge in [-0.1, -0.05) is 20.3 Å². The van der Waals surface area contributed by atoms with Crippen LogP contribution >= 0.6 is 0 Å². The fourth-order valence-electron chi connectivity index (χ4n) is 1.94. The van der Waals surface area contributed by atoms with Gasteiger partial charge in [0.25, 0.3) is 5.56 Å². The van der Waals surface area contributed by atoms with Crippen LogP contribution in [0.1, 0.15) is 39.5 Å². The van der Waals surface area contributed by atoms with Crippen molar-refractivity contribution in [1.82, 2.24) is 9.55 Å². The van der Waals surface area contributed by atoms with Gasteiger partial charge >= 0.3 is 5.97 Å². The van der Waals surface area contributed by atoms with Crippen LogP contribution in [0.5, 0.6) is 0 Å². The van der Waals surface area contributed by atoms with Crippen LogP contribution < -0.4 is 10.9 Å². The summed E-state index contributed by atoms with van der Waals surface area (Å²) in [7, 11) is 0. The number of aromatic nitrogens is 2. The van der Waals surface area contributed by atoms with E-state index in [9.17, 15) is 9.59 Å². The molecule has 0 aliphatic rings. The first-order valence-electron chi connectivity index (χ1n) is 6.62. The van der Waals surface area contributed by atoms with Gasteiger partial charge in [-0.3, -0.25) is 9.59 Å². The molecule has 0 radical (unpaired) electrons. The van der Waals surface area contributed by atoms with Crippen LogP contribution in [0.3, 0.4) is 0 Å². The highest BCUT2D eigenvalue weighted by Gasteiger charge is 2.15. The lowest BCUT2D eigenvalue weighted by atomic mass is 10.1. The quantitative estimate of drug-likeness (QED) is 0.749. The molecule has 0 bridgehead atoms. The molecule has 0 aromatic carbocycles. The highest BCUT2D eigenvalue weighted by Crippen LogP contribution is 2.07. The van der Waals surface area contributed by atoms with Crippen LogP contribution in [0.15, 0.2) is 17.2 Å². The van der Waals surface area contributed by atoms with Crippen molar-refractivity contribution < 1.29 is 9.90 Å². The second kappa shape index (κ2) is 7.56. The van der Waals surface area contributed by atoms with Gasteiger partial charge in [-0.25, -0.2) is 4.98 Å². The SMILES string of the molecule is CCCC(CC(=O)O)Nc1nccn(CCC)c1=O. The lowest BCUT2D eigenvalue weighted by molar-refractivity contribution is -0.137. The number of aliphatic carboxylic acids is 1. The van der Waals surface area contributed by atoms with E-state index in [0.717, 1.165) is 12.8 Å². The molecule has 1 unspecified atom stereocenters. The van der Waals surface area contributed by atoms with Crippen molar-refractivity contribution in [2.45, 2.75) is 52.1 Å². The second-order valence-electron chi connectivity index (χ2n) is 4.50. The number of anilines is 1. The third kappa shape index (κ3) is 4.73. The molecule has 6 nitrogen and oxygen atoms in total. The average molecular weight is 267 g/mol. The van der Waals surface area contributed by atoms with Crippen molar-refractivity contribution in [1.29, 1.82) is 0 Å². The molecular formula is C13H21N3O3. The van der Waals surface area contributed by atoms with E-state index >= 15 is 0 Å². The first-order valence-corrected chi connectivity index (χ1v) is 6.62. The molecule has 106 valence electrons. The molecule has 0 saturated carbocycles. The fourth-order valence-corrected chi connectivity index (χ4v) is 1.94. The van der Waals surface area contributed by atoms with Gasteiger partial charge in [-0.05, 0) is 12.8 Å². The summed E-state index contributed by atoms with van der Waals surface area (Å²) in [4.78, 5) is 26.9. The number of nitrogens with zero attached hydrogens (tertiary/aromatic N) is 2. The predicted molar refractivity (Wildman–Crippen MR) is 73.4 cm³/mol. The Bertz CT molecular complexity index is 470. The predicted octanol–water partition coefficient (Wildman–Crippen LogP) is 1.71. The number of carboxylic acids is 1.